The number of nitrogens with one attached hydrogen (secondary N) is 1. The average Bonchev–Trinajstić information content (AvgIpc) is 2.91. The second kappa shape index (κ2) is 6.20. The lowest BCUT2D eigenvalue weighted by Gasteiger charge is -2.17. The first-order chi connectivity index (χ1) is 11.4. The van der Waals surface area contributed by atoms with Gasteiger partial charge in [-0.3, -0.25) is 4.68 Å². The van der Waals surface area contributed by atoms with Crippen molar-refractivity contribution in [2.45, 2.75) is 20.4 Å². The summed E-state index contributed by atoms with van der Waals surface area (Å²) in [7, 11) is 0. The fraction of sp³-hybridized carbons (Fsp3) is 0.235. The van der Waals surface area contributed by atoms with Crippen molar-refractivity contribution in [3.8, 4) is 0 Å². The van der Waals surface area contributed by atoms with Crippen molar-refractivity contribution in [3.63, 3.8) is 0 Å². The zero-order valence-corrected chi connectivity index (χ0v) is 14.0. The van der Waals surface area contributed by atoms with Crippen LogP contribution in [-0.4, -0.2) is 21.1 Å². The molecular formula is C17H16ClFN4O. The van der Waals surface area contributed by atoms with Crippen LogP contribution >= 0.6 is 11.6 Å². The summed E-state index contributed by atoms with van der Waals surface area (Å²) in [6.07, 6.45) is 3.77. The first kappa shape index (κ1) is 16.4. The van der Waals surface area contributed by atoms with Gasteiger partial charge in [0.05, 0.1) is 35.2 Å². The summed E-state index contributed by atoms with van der Waals surface area (Å²) < 4.78 is 14.7. The number of hydrogen-bond acceptors (Lipinski definition) is 4. The Kier molecular flexibility index (Phi) is 4.24. The summed E-state index contributed by atoms with van der Waals surface area (Å²) >= 11 is 6.34. The number of anilines is 2. The molecule has 2 heterocycles. The topological polar surface area (TPSA) is 59.8 Å². The lowest BCUT2D eigenvalue weighted by atomic mass is 9.96. The summed E-state index contributed by atoms with van der Waals surface area (Å²) in [6.45, 7) is 4.17. The number of aromatic nitrogens is 3. The maximum absolute atomic E-state index is 12.9. The van der Waals surface area contributed by atoms with Gasteiger partial charge in [-0.25, -0.2) is 9.37 Å². The molecule has 3 aromatic rings. The van der Waals surface area contributed by atoms with E-state index in [0.29, 0.717) is 23.1 Å². The lowest BCUT2D eigenvalue weighted by molar-refractivity contribution is -0.115. The van der Waals surface area contributed by atoms with Gasteiger partial charge in [0.2, 0.25) is 0 Å². The minimum atomic E-state index is -0.514. The average molecular weight is 347 g/mol. The van der Waals surface area contributed by atoms with E-state index in [1.807, 2.05) is 19.9 Å². The van der Waals surface area contributed by atoms with Crippen LogP contribution in [0.2, 0.25) is 5.02 Å². The molecule has 0 amide bonds. The Morgan fingerprint density at radius 1 is 1.33 bits per heavy atom. The van der Waals surface area contributed by atoms with Gasteiger partial charge >= 0.3 is 0 Å². The molecule has 0 saturated heterocycles. The fourth-order valence-corrected chi connectivity index (χ4v) is 2.54. The van der Waals surface area contributed by atoms with Crippen LogP contribution in [0.3, 0.4) is 0 Å². The zero-order chi connectivity index (χ0) is 17.3. The van der Waals surface area contributed by atoms with Crippen LogP contribution in [0.1, 0.15) is 13.8 Å². The molecule has 3 rings (SSSR count). The molecule has 0 aliphatic carbocycles. The van der Waals surface area contributed by atoms with Gasteiger partial charge < -0.3 is 10.1 Å². The van der Waals surface area contributed by atoms with E-state index in [1.165, 1.54) is 12.1 Å². The van der Waals surface area contributed by atoms with Crippen molar-refractivity contribution in [2.75, 3.05) is 5.32 Å². The van der Waals surface area contributed by atoms with Gasteiger partial charge in [-0.15, -0.1) is 0 Å². The quantitative estimate of drug-likeness (QED) is 0.704. The van der Waals surface area contributed by atoms with Crippen molar-refractivity contribution >= 4 is 40.3 Å². The second-order valence-corrected chi connectivity index (χ2v) is 6.69. The number of aldehydes is 1. The summed E-state index contributed by atoms with van der Waals surface area (Å²) in [5.74, 6) is 0.0910. The number of rotatable bonds is 5. The van der Waals surface area contributed by atoms with Gasteiger partial charge in [-0.05, 0) is 24.3 Å². The highest BCUT2D eigenvalue weighted by Crippen LogP contribution is 2.31. The standard InChI is InChI=1S/C17H16ClFN4O/c1-17(2,10-24)9-23-15-6-13(18)14(5-11(15)7-21-23)22-16-4-3-12(19)8-20-16/h3-8,10H,9H2,1-2H3,(H,20,22). The summed E-state index contributed by atoms with van der Waals surface area (Å²) in [5, 5.41) is 8.76. The molecule has 7 heteroatoms. The molecular weight excluding hydrogens is 331 g/mol. The highest BCUT2D eigenvalue weighted by molar-refractivity contribution is 6.34. The van der Waals surface area contributed by atoms with Crippen molar-refractivity contribution in [1.82, 2.24) is 14.8 Å². The molecule has 0 aliphatic heterocycles. The van der Waals surface area contributed by atoms with Crippen LogP contribution in [-0.2, 0) is 11.3 Å². The molecule has 0 atom stereocenters. The van der Waals surface area contributed by atoms with Crippen LogP contribution in [0, 0.1) is 11.2 Å². The SMILES string of the molecule is CC(C)(C=O)Cn1ncc2cc(Nc3ccc(F)cn3)c(Cl)cc21. The Labute approximate surface area is 143 Å². The number of fused-ring (bicyclic) bond motifs is 1. The van der Waals surface area contributed by atoms with Crippen LogP contribution in [0.15, 0.2) is 36.7 Å². The smallest absolute Gasteiger partial charge is 0.141 e. The van der Waals surface area contributed by atoms with E-state index >= 15 is 0 Å². The van der Waals surface area contributed by atoms with E-state index in [1.54, 1.807) is 16.9 Å². The maximum Gasteiger partial charge on any atom is 0.141 e. The molecule has 5 nitrogen and oxygen atoms in total. The van der Waals surface area contributed by atoms with Gasteiger partial charge in [0, 0.05) is 10.8 Å². The maximum atomic E-state index is 12.9. The van der Waals surface area contributed by atoms with Crippen molar-refractivity contribution in [3.05, 3.63) is 47.5 Å². The Bertz CT molecular complexity index is 889. The van der Waals surface area contributed by atoms with Crippen LogP contribution in [0.5, 0.6) is 0 Å². The first-order valence-electron chi connectivity index (χ1n) is 7.38. The van der Waals surface area contributed by atoms with Gasteiger partial charge in [-0.1, -0.05) is 25.4 Å². The van der Waals surface area contributed by atoms with E-state index in [0.717, 1.165) is 23.4 Å². The third-order valence-corrected chi connectivity index (χ3v) is 3.91. The molecule has 1 N–H and O–H groups in total. The van der Waals surface area contributed by atoms with Crippen molar-refractivity contribution in [2.24, 2.45) is 5.41 Å². The Morgan fingerprint density at radius 2 is 2.12 bits per heavy atom. The number of pyridine rings is 1. The molecule has 24 heavy (non-hydrogen) atoms. The molecule has 2 aromatic heterocycles. The first-order valence-corrected chi connectivity index (χ1v) is 7.76. The van der Waals surface area contributed by atoms with Gasteiger partial charge in [0.15, 0.2) is 0 Å². The number of hydrogen-bond donors (Lipinski definition) is 1. The second-order valence-electron chi connectivity index (χ2n) is 6.29. The predicted molar refractivity (Wildman–Crippen MR) is 92.1 cm³/mol. The van der Waals surface area contributed by atoms with Crippen LogP contribution in [0.4, 0.5) is 15.9 Å². The Morgan fingerprint density at radius 3 is 2.79 bits per heavy atom. The number of benzene rings is 1. The van der Waals surface area contributed by atoms with E-state index in [2.05, 4.69) is 15.4 Å². The number of halogens is 2. The molecule has 0 aliphatic rings. The number of nitrogens with zero attached hydrogens (tertiary/aromatic N) is 3. The summed E-state index contributed by atoms with van der Waals surface area (Å²) in [4.78, 5) is 15.1. The Balaban J connectivity index is 1.93. The van der Waals surface area contributed by atoms with E-state index in [9.17, 15) is 9.18 Å². The number of carbonyl (C=O) groups excluding carboxylic acids is 1. The van der Waals surface area contributed by atoms with Crippen LogP contribution < -0.4 is 5.32 Å². The van der Waals surface area contributed by atoms with Gasteiger partial charge in [0.25, 0.3) is 0 Å². The predicted octanol–water partition coefficient (Wildman–Crippen LogP) is 4.19. The highest BCUT2D eigenvalue weighted by atomic mass is 35.5. The molecule has 0 unspecified atom stereocenters. The third-order valence-electron chi connectivity index (χ3n) is 3.60. The molecule has 0 fully saturated rings. The molecule has 1 aromatic carbocycles. The lowest BCUT2D eigenvalue weighted by Crippen LogP contribution is -2.21. The van der Waals surface area contributed by atoms with Gasteiger partial charge in [-0.2, -0.15) is 5.10 Å². The molecule has 0 spiro atoms. The molecule has 124 valence electrons. The summed E-state index contributed by atoms with van der Waals surface area (Å²) in [5.41, 5.74) is 0.977. The minimum Gasteiger partial charge on any atom is -0.339 e. The Hall–Kier alpha value is -2.47. The van der Waals surface area contributed by atoms with Gasteiger partial charge in [0.1, 0.15) is 17.9 Å². The summed E-state index contributed by atoms with van der Waals surface area (Å²) in [6, 6.07) is 6.49. The van der Waals surface area contributed by atoms with E-state index in [4.69, 9.17) is 11.6 Å². The monoisotopic (exact) mass is 346 g/mol. The van der Waals surface area contributed by atoms with Crippen molar-refractivity contribution < 1.29 is 9.18 Å². The molecule has 0 radical (unpaired) electrons. The van der Waals surface area contributed by atoms with E-state index < -0.39 is 11.2 Å². The molecule has 0 saturated carbocycles. The van der Waals surface area contributed by atoms with E-state index in [-0.39, 0.29) is 0 Å². The largest absolute Gasteiger partial charge is 0.339 e. The zero-order valence-electron chi connectivity index (χ0n) is 13.3. The normalized spacial score (nSPS) is 11.7. The molecule has 0 bridgehead atoms. The third kappa shape index (κ3) is 3.38. The number of carbonyl (C=O) groups is 1. The fourth-order valence-electron chi connectivity index (χ4n) is 2.33. The highest BCUT2D eigenvalue weighted by Gasteiger charge is 2.19. The van der Waals surface area contributed by atoms with Crippen molar-refractivity contribution in [1.29, 1.82) is 0 Å². The van der Waals surface area contributed by atoms with Crippen LogP contribution in [0.25, 0.3) is 10.9 Å². The minimum absolute atomic E-state index is 0.402.